The van der Waals surface area contributed by atoms with E-state index in [1.165, 1.54) is 4.88 Å². The summed E-state index contributed by atoms with van der Waals surface area (Å²) in [5.41, 5.74) is 2.75. The highest BCUT2D eigenvalue weighted by Gasteiger charge is 2.19. The van der Waals surface area contributed by atoms with Crippen LogP contribution in [0.4, 0.5) is 4.79 Å². The zero-order valence-corrected chi connectivity index (χ0v) is 19.8. The zero-order valence-electron chi connectivity index (χ0n) is 19.0. The van der Waals surface area contributed by atoms with Gasteiger partial charge in [-0.25, -0.2) is 9.78 Å². The maximum Gasteiger partial charge on any atom is 0.410 e. The Morgan fingerprint density at radius 3 is 2.27 bits per heavy atom. The van der Waals surface area contributed by atoms with Crippen LogP contribution in [-0.4, -0.2) is 41.6 Å². The van der Waals surface area contributed by atoms with Gasteiger partial charge in [0.1, 0.15) is 5.60 Å². The molecule has 7 nitrogen and oxygen atoms in total. The van der Waals surface area contributed by atoms with Crippen LogP contribution in [0, 0.1) is 13.8 Å². The summed E-state index contributed by atoms with van der Waals surface area (Å²) in [6.07, 6.45) is -0.325. The van der Waals surface area contributed by atoms with E-state index in [4.69, 9.17) is 4.74 Å². The number of hydrogen-bond donors (Lipinski definition) is 2. The van der Waals surface area contributed by atoms with Gasteiger partial charge >= 0.3 is 6.09 Å². The van der Waals surface area contributed by atoms with Gasteiger partial charge in [0.15, 0.2) is 5.96 Å². The van der Waals surface area contributed by atoms with Crippen molar-refractivity contribution in [3.63, 3.8) is 0 Å². The molecule has 30 heavy (non-hydrogen) atoms. The van der Waals surface area contributed by atoms with Crippen molar-refractivity contribution in [1.82, 2.24) is 20.5 Å². The lowest BCUT2D eigenvalue weighted by atomic mass is 10.1. The number of hydrogen-bond acceptors (Lipinski definition) is 5. The number of aliphatic imine (C=N–C) groups is 1. The van der Waals surface area contributed by atoms with Crippen LogP contribution < -0.4 is 10.6 Å². The molecule has 0 saturated carbocycles. The first-order valence-electron chi connectivity index (χ1n) is 9.96. The Morgan fingerprint density at radius 2 is 1.73 bits per heavy atom. The molecule has 0 atom stereocenters. The third-order valence-corrected chi connectivity index (χ3v) is 5.32. The van der Waals surface area contributed by atoms with Gasteiger partial charge in [0.25, 0.3) is 0 Å². The topological polar surface area (TPSA) is 78.9 Å². The summed E-state index contributed by atoms with van der Waals surface area (Å²) < 4.78 is 5.39. The van der Waals surface area contributed by atoms with Crippen molar-refractivity contribution in [2.45, 2.75) is 59.9 Å². The van der Waals surface area contributed by atoms with Crippen molar-refractivity contribution >= 4 is 23.4 Å². The summed E-state index contributed by atoms with van der Waals surface area (Å²) in [5.74, 6) is 0.745. The lowest BCUT2D eigenvalue weighted by molar-refractivity contribution is 0.0285. The monoisotopic (exact) mass is 431 g/mol. The number of carbonyl (C=O) groups is 1. The first-order chi connectivity index (χ1) is 14.1. The summed E-state index contributed by atoms with van der Waals surface area (Å²) >= 11 is 1.70. The van der Waals surface area contributed by atoms with Crippen molar-refractivity contribution < 1.29 is 9.53 Å². The minimum absolute atomic E-state index is 0.325. The van der Waals surface area contributed by atoms with Gasteiger partial charge in [-0.1, -0.05) is 24.3 Å². The van der Waals surface area contributed by atoms with Gasteiger partial charge < -0.3 is 20.3 Å². The van der Waals surface area contributed by atoms with Crippen LogP contribution in [0.25, 0.3) is 0 Å². The highest BCUT2D eigenvalue weighted by Crippen LogP contribution is 2.16. The highest BCUT2D eigenvalue weighted by atomic mass is 32.1. The Labute approximate surface area is 183 Å². The molecule has 0 fully saturated rings. The molecule has 1 aromatic heterocycles. The number of guanidine groups is 1. The number of benzene rings is 1. The minimum atomic E-state index is -0.495. The van der Waals surface area contributed by atoms with Crippen molar-refractivity contribution in [3.05, 3.63) is 51.0 Å². The van der Waals surface area contributed by atoms with E-state index in [2.05, 4.69) is 32.7 Å². The largest absolute Gasteiger partial charge is 0.444 e. The average Bonchev–Trinajstić information content (AvgIpc) is 2.99. The second-order valence-electron chi connectivity index (χ2n) is 8.17. The van der Waals surface area contributed by atoms with Crippen molar-refractivity contribution in [3.8, 4) is 0 Å². The molecule has 0 bridgehead atoms. The molecule has 0 unspecified atom stereocenters. The van der Waals surface area contributed by atoms with Crippen LogP contribution in [0.3, 0.4) is 0 Å². The molecule has 0 spiro atoms. The Balaban J connectivity index is 1.83. The summed E-state index contributed by atoms with van der Waals surface area (Å²) in [6, 6.07) is 8.15. The van der Waals surface area contributed by atoms with Gasteiger partial charge in [0.05, 0.1) is 17.2 Å². The zero-order chi connectivity index (χ0) is 22.3. The van der Waals surface area contributed by atoms with E-state index in [-0.39, 0.29) is 6.09 Å². The Morgan fingerprint density at radius 1 is 1.13 bits per heavy atom. The number of aromatic nitrogens is 1. The molecule has 0 radical (unpaired) electrons. The quantitative estimate of drug-likeness (QED) is 0.534. The Kier molecular flexibility index (Phi) is 8.23. The first-order valence-corrected chi connectivity index (χ1v) is 10.8. The number of nitrogens with one attached hydrogen (secondary N) is 2. The van der Waals surface area contributed by atoms with Crippen molar-refractivity contribution in [2.75, 3.05) is 14.1 Å². The first kappa shape index (κ1) is 23.7. The third-order valence-electron chi connectivity index (χ3n) is 4.25. The summed E-state index contributed by atoms with van der Waals surface area (Å²) in [5, 5.41) is 7.73. The molecule has 1 heterocycles. The molecule has 164 valence electrons. The maximum absolute atomic E-state index is 12.1. The maximum atomic E-state index is 12.1. The summed E-state index contributed by atoms with van der Waals surface area (Å²) in [6.45, 7) is 11.5. The molecule has 1 amide bonds. The molecular weight excluding hydrogens is 398 g/mol. The van der Waals surface area contributed by atoms with E-state index in [0.717, 1.165) is 27.8 Å². The van der Waals surface area contributed by atoms with Gasteiger partial charge in [0.2, 0.25) is 0 Å². The summed E-state index contributed by atoms with van der Waals surface area (Å²) in [4.78, 5) is 23.6. The molecule has 0 aliphatic rings. The molecule has 0 saturated heterocycles. The van der Waals surface area contributed by atoms with E-state index in [0.29, 0.717) is 19.6 Å². The second kappa shape index (κ2) is 10.4. The molecule has 2 rings (SSSR count). The molecule has 1 aromatic carbocycles. The predicted molar refractivity (Wildman–Crippen MR) is 123 cm³/mol. The van der Waals surface area contributed by atoms with Crippen LogP contribution in [-0.2, 0) is 24.4 Å². The SMILES string of the molecule is CN=C(NCc1ccc(CN(C)C(=O)OC(C)(C)C)cc1)NCc1sc(C)nc1C. The van der Waals surface area contributed by atoms with Crippen molar-refractivity contribution in [1.29, 1.82) is 0 Å². The fraction of sp³-hybridized carbons (Fsp3) is 0.500. The smallest absolute Gasteiger partial charge is 0.410 e. The number of thiazole rings is 1. The number of carbonyl (C=O) groups excluding carboxylic acids is 1. The normalized spacial score (nSPS) is 11.9. The van der Waals surface area contributed by atoms with E-state index < -0.39 is 5.60 Å². The highest BCUT2D eigenvalue weighted by molar-refractivity contribution is 7.11. The van der Waals surface area contributed by atoms with Crippen LogP contribution in [0.2, 0.25) is 0 Å². The van der Waals surface area contributed by atoms with Gasteiger partial charge in [-0.3, -0.25) is 4.99 Å². The lowest BCUT2D eigenvalue weighted by Crippen LogP contribution is -2.36. The molecule has 0 aliphatic carbocycles. The van der Waals surface area contributed by atoms with Crippen LogP contribution >= 0.6 is 11.3 Å². The minimum Gasteiger partial charge on any atom is -0.444 e. The molecule has 0 aliphatic heterocycles. The van der Waals surface area contributed by atoms with Crippen molar-refractivity contribution in [2.24, 2.45) is 4.99 Å². The number of aryl methyl sites for hydroxylation is 2. The lowest BCUT2D eigenvalue weighted by Gasteiger charge is -2.24. The Hall–Kier alpha value is -2.61. The fourth-order valence-electron chi connectivity index (χ4n) is 2.75. The average molecular weight is 432 g/mol. The van der Waals surface area contributed by atoms with Gasteiger partial charge in [-0.2, -0.15) is 0 Å². The van der Waals surface area contributed by atoms with E-state index in [1.54, 1.807) is 30.3 Å². The standard InChI is InChI=1S/C22H33N5O2S/c1-15-19(30-16(2)26-15)13-25-20(23-6)24-12-17-8-10-18(11-9-17)14-27(7)21(28)29-22(3,4)5/h8-11H,12-14H2,1-7H3,(H2,23,24,25). The third kappa shape index (κ3) is 7.67. The number of amides is 1. The summed E-state index contributed by atoms with van der Waals surface area (Å²) in [7, 11) is 3.50. The van der Waals surface area contributed by atoms with Gasteiger partial charge in [0, 0.05) is 32.1 Å². The molecule has 2 N–H and O–H groups in total. The van der Waals surface area contributed by atoms with Gasteiger partial charge in [-0.15, -0.1) is 11.3 Å². The molecular formula is C22H33N5O2S. The molecule has 8 heteroatoms. The Bertz CT molecular complexity index is 869. The van der Waals surface area contributed by atoms with E-state index in [1.807, 2.05) is 46.8 Å². The van der Waals surface area contributed by atoms with Crippen LogP contribution in [0.15, 0.2) is 29.3 Å². The predicted octanol–water partition coefficient (Wildman–Crippen LogP) is 3.99. The van der Waals surface area contributed by atoms with E-state index in [9.17, 15) is 4.79 Å². The second-order valence-corrected chi connectivity index (χ2v) is 9.46. The van der Waals surface area contributed by atoms with Crippen LogP contribution in [0.5, 0.6) is 0 Å². The van der Waals surface area contributed by atoms with Gasteiger partial charge in [-0.05, 0) is 45.7 Å². The number of ether oxygens (including phenoxy) is 1. The number of rotatable bonds is 6. The van der Waals surface area contributed by atoms with E-state index >= 15 is 0 Å². The van der Waals surface area contributed by atoms with Crippen LogP contribution in [0.1, 0.15) is 47.5 Å². The molecule has 2 aromatic rings. The number of nitrogens with zero attached hydrogens (tertiary/aromatic N) is 3. The fourth-order valence-corrected chi connectivity index (χ4v) is 3.63.